The van der Waals surface area contributed by atoms with Gasteiger partial charge in [-0.1, -0.05) is 18.2 Å². The van der Waals surface area contributed by atoms with Crippen LogP contribution in [0.2, 0.25) is 0 Å². The van der Waals surface area contributed by atoms with Gasteiger partial charge < -0.3 is 10.6 Å². The highest BCUT2D eigenvalue weighted by Gasteiger charge is 2.27. The minimum atomic E-state index is -0.0141. The quantitative estimate of drug-likeness (QED) is 0.805. The first kappa shape index (κ1) is 11.2. The molecule has 94 valence electrons. The zero-order chi connectivity index (χ0) is 12.7. The Morgan fingerprint density at radius 2 is 2.22 bits per heavy atom. The summed E-state index contributed by atoms with van der Waals surface area (Å²) in [5.41, 5.74) is 7.35. The van der Waals surface area contributed by atoms with Gasteiger partial charge in [0.2, 0.25) is 0 Å². The van der Waals surface area contributed by atoms with Crippen LogP contribution in [0.15, 0.2) is 24.3 Å². The fourth-order valence-corrected chi connectivity index (χ4v) is 2.49. The Morgan fingerprint density at radius 3 is 2.94 bits per heavy atom. The van der Waals surface area contributed by atoms with Gasteiger partial charge >= 0.3 is 0 Å². The topological polar surface area (TPSA) is 64.2 Å². The molecule has 1 aromatic heterocycles. The monoisotopic (exact) mass is 244 g/mol. The number of benzene rings is 1. The number of aryl methyl sites for hydroxylation is 1. The van der Waals surface area contributed by atoms with Crippen molar-refractivity contribution < 1.29 is 4.79 Å². The molecule has 1 unspecified atom stereocenters. The van der Waals surface area contributed by atoms with E-state index in [0.29, 0.717) is 12.2 Å². The average Bonchev–Trinajstić information content (AvgIpc) is 2.94. The van der Waals surface area contributed by atoms with Crippen LogP contribution in [0.1, 0.15) is 16.9 Å². The van der Waals surface area contributed by atoms with Gasteiger partial charge in [-0.3, -0.25) is 9.48 Å². The maximum atomic E-state index is 12.4. The van der Waals surface area contributed by atoms with Gasteiger partial charge in [0.15, 0.2) is 5.69 Å². The van der Waals surface area contributed by atoms with Gasteiger partial charge in [-0.2, -0.15) is 5.10 Å². The number of hydrogen-bond donors (Lipinski definition) is 1. The van der Waals surface area contributed by atoms with Crippen LogP contribution >= 0.6 is 0 Å². The summed E-state index contributed by atoms with van der Waals surface area (Å²) in [4.78, 5) is 14.2. The van der Waals surface area contributed by atoms with Crippen molar-refractivity contribution in [2.45, 2.75) is 12.5 Å². The van der Waals surface area contributed by atoms with Crippen molar-refractivity contribution >= 4 is 16.8 Å². The minimum absolute atomic E-state index is 0.0141. The number of amides is 1. The summed E-state index contributed by atoms with van der Waals surface area (Å²) in [7, 11) is 1.86. The zero-order valence-corrected chi connectivity index (χ0v) is 10.3. The first-order valence-electron chi connectivity index (χ1n) is 6.13. The molecule has 0 spiro atoms. The maximum absolute atomic E-state index is 12.4. The molecule has 5 heteroatoms. The lowest BCUT2D eigenvalue weighted by molar-refractivity contribution is 0.0786. The zero-order valence-electron chi connectivity index (χ0n) is 10.3. The van der Waals surface area contributed by atoms with Crippen LogP contribution in [0.5, 0.6) is 0 Å². The van der Waals surface area contributed by atoms with Crippen LogP contribution in [0.4, 0.5) is 0 Å². The number of carbonyl (C=O) groups is 1. The number of nitrogens with zero attached hydrogens (tertiary/aromatic N) is 3. The van der Waals surface area contributed by atoms with E-state index in [-0.39, 0.29) is 11.9 Å². The van der Waals surface area contributed by atoms with Gasteiger partial charge in [0.1, 0.15) is 0 Å². The first-order chi connectivity index (χ1) is 8.66. The molecule has 18 heavy (non-hydrogen) atoms. The van der Waals surface area contributed by atoms with E-state index in [1.165, 1.54) is 0 Å². The summed E-state index contributed by atoms with van der Waals surface area (Å²) >= 11 is 0. The summed E-state index contributed by atoms with van der Waals surface area (Å²) in [5.74, 6) is -0.0141. The fraction of sp³-hybridized carbons (Fsp3) is 0.385. The second-order valence-electron chi connectivity index (χ2n) is 4.79. The molecule has 1 saturated heterocycles. The largest absolute Gasteiger partial charge is 0.336 e. The van der Waals surface area contributed by atoms with E-state index >= 15 is 0 Å². The Labute approximate surface area is 105 Å². The second-order valence-corrected chi connectivity index (χ2v) is 4.79. The second kappa shape index (κ2) is 4.10. The van der Waals surface area contributed by atoms with Crippen molar-refractivity contribution in [1.82, 2.24) is 14.7 Å². The van der Waals surface area contributed by atoms with Crippen molar-refractivity contribution in [3.8, 4) is 0 Å². The molecule has 1 atom stereocenters. The van der Waals surface area contributed by atoms with E-state index in [2.05, 4.69) is 5.10 Å². The molecule has 2 N–H and O–H groups in total. The predicted octanol–water partition coefficient (Wildman–Crippen LogP) is 0.747. The van der Waals surface area contributed by atoms with E-state index in [1.54, 1.807) is 9.58 Å². The van der Waals surface area contributed by atoms with Crippen molar-refractivity contribution in [1.29, 1.82) is 0 Å². The fourth-order valence-electron chi connectivity index (χ4n) is 2.49. The summed E-state index contributed by atoms with van der Waals surface area (Å²) in [5, 5.41) is 5.25. The van der Waals surface area contributed by atoms with E-state index in [4.69, 9.17) is 5.73 Å². The van der Waals surface area contributed by atoms with Crippen LogP contribution in [-0.2, 0) is 7.05 Å². The van der Waals surface area contributed by atoms with Crippen LogP contribution in [0.3, 0.4) is 0 Å². The van der Waals surface area contributed by atoms with E-state index in [0.717, 1.165) is 23.9 Å². The predicted molar refractivity (Wildman–Crippen MR) is 69.2 cm³/mol. The third-order valence-corrected chi connectivity index (χ3v) is 3.47. The molecular weight excluding hydrogens is 228 g/mol. The summed E-state index contributed by atoms with van der Waals surface area (Å²) < 4.78 is 1.75. The Morgan fingerprint density at radius 1 is 1.44 bits per heavy atom. The van der Waals surface area contributed by atoms with E-state index in [1.807, 2.05) is 31.3 Å². The summed E-state index contributed by atoms with van der Waals surface area (Å²) in [6.07, 6.45) is 0.872. The standard InChI is InChI=1S/C13H16N4O/c1-16-11-5-3-2-4-10(11)12(15-16)13(18)17-7-6-9(14)8-17/h2-5,9H,6-8,14H2,1H3. The van der Waals surface area contributed by atoms with Gasteiger partial charge in [-0.15, -0.1) is 0 Å². The van der Waals surface area contributed by atoms with Gasteiger partial charge in [-0.05, 0) is 12.5 Å². The number of rotatable bonds is 1. The molecule has 5 nitrogen and oxygen atoms in total. The lowest BCUT2D eigenvalue weighted by Crippen LogP contribution is -2.32. The number of nitrogens with two attached hydrogens (primary N) is 1. The van der Waals surface area contributed by atoms with E-state index < -0.39 is 0 Å². The molecule has 1 aliphatic rings. The average molecular weight is 244 g/mol. The summed E-state index contributed by atoms with van der Waals surface area (Å²) in [6.45, 7) is 1.36. The molecule has 2 heterocycles. The van der Waals surface area contributed by atoms with Gasteiger partial charge in [0.25, 0.3) is 5.91 Å². The normalized spacial score (nSPS) is 19.7. The van der Waals surface area contributed by atoms with Crippen molar-refractivity contribution in [3.05, 3.63) is 30.0 Å². The highest BCUT2D eigenvalue weighted by atomic mass is 16.2. The molecule has 0 radical (unpaired) electrons. The molecule has 0 aliphatic carbocycles. The number of hydrogen-bond acceptors (Lipinski definition) is 3. The van der Waals surface area contributed by atoms with Gasteiger partial charge in [0.05, 0.1) is 5.52 Å². The highest BCUT2D eigenvalue weighted by molar-refractivity contribution is 6.04. The van der Waals surface area contributed by atoms with Crippen molar-refractivity contribution in [2.24, 2.45) is 12.8 Å². The molecule has 0 bridgehead atoms. The van der Waals surface area contributed by atoms with Gasteiger partial charge in [-0.25, -0.2) is 0 Å². The Bertz CT molecular complexity index is 604. The molecule has 2 aromatic rings. The Balaban J connectivity index is 2.02. The van der Waals surface area contributed by atoms with Crippen LogP contribution < -0.4 is 5.73 Å². The number of para-hydroxylation sites is 1. The lowest BCUT2D eigenvalue weighted by atomic mass is 10.2. The maximum Gasteiger partial charge on any atom is 0.275 e. The Kier molecular flexibility index (Phi) is 2.56. The molecule has 0 saturated carbocycles. The number of fused-ring (bicyclic) bond motifs is 1. The van der Waals surface area contributed by atoms with E-state index in [9.17, 15) is 4.79 Å². The molecule has 1 amide bonds. The third-order valence-electron chi connectivity index (χ3n) is 3.47. The first-order valence-corrected chi connectivity index (χ1v) is 6.13. The van der Waals surface area contributed by atoms with Gasteiger partial charge in [0, 0.05) is 31.6 Å². The van der Waals surface area contributed by atoms with Crippen molar-refractivity contribution in [2.75, 3.05) is 13.1 Å². The van der Waals surface area contributed by atoms with Crippen LogP contribution in [-0.4, -0.2) is 39.7 Å². The highest BCUT2D eigenvalue weighted by Crippen LogP contribution is 2.20. The number of carbonyl (C=O) groups excluding carboxylic acids is 1. The minimum Gasteiger partial charge on any atom is -0.336 e. The van der Waals surface area contributed by atoms with Crippen LogP contribution in [0, 0.1) is 0 Å². The Hall–Kier alpha value is -1.88. The smallest absolute Gasteiger partial charge is 0.275 e. The number of aromatic nitrogens is 2. The SMILES string of the molecule is Cn1nc(C(=O)N2CCC(N)C2)c2ccccc21. The molecule has 1 aliphatic heterocycles. The lowest BCUT2D eigenvalue weighted by Gasteiger charge is -2.14. The van der Waals surface area contributed by atoms with Crippen molar-refractivity contribution in [3.63, 3.8) is 0 Å². The van der Waals surface area contributed by atoms with Crippen LogP contribution in [0.25, 0.3) is 10.9 Å². The number of likely N-dealkylation sites (tertiary alicyclic amines) is 1. The molecule has 1 aromatic carbocycles. The summed E-state index contributed by atoms with van der Waals surface area (Å²) in [6, 6.07) is 7.88. The molecular formula is C13H16N4O. The molecule has 3 rings (SSSR count). The third kappa shape index (κ3) is 1.67. The molecule has 1 fully saturated rings.